The van der Waals surface area contributed by atoms with E-state index in [1.807, 2.05) is 0 Å². The number of nitrogens with two attached hydrogens (primary N) is 1. The molecule has 0 radical (unpaired) electrons. The Bertz CT molecular complexity index is 318. The molecule has 0 aliphatic carbocycles. The SMILES string of the molecule is NC(=O)Nc1ncc(C(=O)O)[nH]1. The van der Waals surface area contributed by atoms with Crippen LogP contribution in [0.4, 0.5) is 10.7 Å². The van der Waals surface area contributed by atoms with E-state index in [0.29, 0.717) is 0 Å². The van der Waals surface area contributed by atoms with Crippen molar-refractivity contribution in [2.75, 3.05) is 5.32 Å². The predicted molar refractivity (Wildman–Crippen MR) is 38.8 cm³/mol. The van der Waals surface area contributed by atoms with E-state index in [0.717, 1.165) is 6.20 Å². The number of carbonyl (C=O) groups is 2. The summed E-state index contributed by atoms with van der Waals surface area (Å²) in [5.74, 6) is -1.14. The molecule has 1 rings (SSSR count). The van der Waals surface area contributed by atoms with Crippen molar-refractivity contribution >= 4 is 17.9 Å². The summed E-state index contributed by atoms with van der Waals surface area (Å²) in [4.78, 5) is 26.4. The number of primary amides is 1. The molecule has 0 bridgehead atoms. The van der Waals surface area contributed by atoms with Gasteiger partial charge in [-0.2, -0.15) is 0 Å². The molecular formula is C5H6N4O3. The summed E-state index contributed by atoms with van der Waals surface area (Å²) in [6.07, 6.45) is 1.08. The number of aromatic carboxylic acids is 1. The van der Waals surface area contributed by atoms with E-state index in [2.05, 4.69) is 15.3 Å². The second kappa shape index (κ2) is 2.91. The molecule has 7 heteroatoms. The van der Waals surface area contributed by atoms with Crippen LogP contribution in [0.25, 0.3) is 0 Å². The summed E-state index contributed by atoms with van der Waals surface area (Å²) < 4.78 is 0. The van der Waals surface area contributed by atoms with Gasteiger partial charge in [0, 0.05) is 0 Å². The molecule has 64 valence electrons. The van der Waals surface area contributed by atoms with Crippen LogP contribution in [0.3, 0.4) is 0 Å². The third-order valence-corrected chi connectivity index (χ3v) is 1.05. The summed E-state index contributed by atoms with van der Waals surface area (Å²) in [5.41, 5.74) is 4.64. The zero-order valence-corrected chi connectivity index (χ0v) is 5.87. The fraction of sp³-hybridized carbons (Fsp3) is 0. The summed E-state index contributed by atoms with van der Waals surface area (Å²) in [7, 11) is 0. The van der Waals surface area contributed by atoms with Gasteiger partial charge in [0.15, 0.2) is 0 Å². The molecular weight excluding hydrogens is 164 g/mol. The van der Waals surface area contributed by atoms with E-state index < -0.39 is 12.0 Å². The van der Waals surface area contributed by atoms with Gasteiger partial charge < -0.3 is 15.8 Å². The zero-order valence-electron chi connectivity index (χ0n) is 5.87. The Morgan fingerprint density at radius 1 is 1.67 bits per heavy atom. The lowest BCUT2D eigenvalue weighted by Crippen LogP contribution is -2.20. The first-order valence-electron chi connectivity index (χ1n) is 2.94. The predicted octanol–water partition coefficient (Wildman–Crippen LogP) is -0.402. The number of carboxylic acids is 1. The lowest BCUT2D eigenvalue weighted by molar-refractivity contribution is 0.0691. The van der Waals surface area contributed by atoms with Gasteiger partial charge in [-0.15, -0.1) is 0 Å². The zero-order chi connectivity index (χ0) is 9.14. The number of nitrogens with zero attached hydrogens (tertiary/aromatic N) is 1. The molecule has 0 saturated heterocycles. The minimum absolute atomic E-state index is 0.0138. The number of amides is 2. The maximum Gasteiger partial charge on any atom is 0.354 e. The first-order chi connectivity index (χ1) is 5.59. The van der Waals surface area contributed by atoms with E-state index in [9.17, 15) is 9.59 Å². The van der Waals surface area contributed by atoms with Crippen molar-refractivity contribution in [1.82, 2.24) is 9.97 Å². The monoisotopic (exact) mass is 170 g/mol. The fourth-order valence-electron chi connectivity index (χ4n) is 0.610. The molecule has 0 saturated carbocycles. The van der Waals surface area contributed by atoms with Gasteiger partial charge in [-0.05, 0) is 0 Å². The van der Waals surface area contributed by atoms with Crippen molar-refractivity contribution in [2.45, 2.75) is 0 Å². The average Bonchev–Trinajstić information content (AvgIpc) is 2.34. The number of hydrogen-bond donors (Lipinski definition) is 4. The van der Waals surface area contributed by atoms with Crippen molar-refractivity contribution in [1.29, 1.82) is 0 Å². The number of carbonyl (C=O) groups excluding carboxylic acids is 1. The Morgan fingerprint density at radius 3 is 2.75 bits per heavy atom. The molecule has 0 fully saturated rings. The maximum atomic E-state index is 10.3. The van der Waals surface area contributed by atoms with Gasteiger partial charge in [0.1, 0.15) is 5.69 Å². The number of aromatic nitrogens is 2. The molecule has 0 spiro atoms. The van der Waals surface area contributed by atoms with Gasteiger partial charge in [0.2, 0.25) is 5.95 Å². The van der Waals surface area contributed by atoms with E-state index in [1.165, 1.54) is 0 Å². The Hall–Kier alpha value is -2.05. The number of nitrogens with one attached hydrogen (secondary N) is 2. The number of urea groups is 1. The Kier molecular flexibility index (Phi) is 1.95. The van der Waals surface area contributed by atoms with Crippen LogP contribution in [0.1, 0.15) is 10.5 Å². The highest BCUT2D eigenvalue weighted by Crippen LogP contribution is 2.00. The molecule has 1 heterocycles. The van der Waals surface area contributed by atoms with Crippen LogP contribution < -0.4 is 11.1 Å². The van der Waals surface area contributed by atoms with Crippen LogP contribution in [0.2, 0.25) is 0 Å². The van der Waals surface area contributed by atoms with E-state index in [4.69, 9.17) is 10.8 Å². The first-order valence-corrected chi connectivity index (χ1v) is 2.94. The molecule has 12 heavy (non-hydrogen) atoms. The molecule has 2 amide bonds. The van der Waals surface area contributed by atoms with Gasteiger partial charge in [-0.3, -0.25) is 5.32 Å². The van der Waals surface area contributed by atoms with Crippen molar-refractivity contribution in [2.24, 2.45) is 5.73 Å². The van der Waals surface area contributed by atoms with Gasteiger partial charge in [-0.1, -0.05) is 0 Å². The van der Waals surface area contributed by atoms with Crippen molar-refractivity contribution in [3.05, 3.63) is 11.9 Å². The van der Waals surface area contributed by atoms with Crippen LogP contribution in [0.15, 0.2) is 6.20 Å². The quantitative estimate of drug-likeness (QED) is 0.482. The average molecular weight is 170 g/mol. The summed E-state index contributed by atoms with van der Waals surface area (Å²) in [5, 5.41) is 10.5. The van der Waals surface area contributed by atoms with Gasteiger partial charge in [0.25, 0.3) is 0 Å². The summed E-state index contributed by atoms with van der Waals surface area (Å²) >= 11 is 0. The van der Waals surface area contributed by atoms with Crippen molar-refractivity contribution < 1.29 is 14.7 Å². The molecule has 1 aromatic rings. The van der Waals surface area contributed by atoms with E-state index >= 15 is 0 Å². The van der Waals surface area contributed by atoms with Crippen LogP contribution in [-0.2, 0) is 0 Å². The molecule has 5 N–H and O–H groups in total. The smallest absolute Gasteiger partial charge is 0.354 e. The number of anilines is 1. The van der Waals surface area contributed by atoms with Crippen molar-refractivity contribution in [3.63, 3.8) is 0 Å². The maximum absolute atomic E-state index is 10.3. The molecule has 0 atom stereocenters. The summed E-state index contributed by atoms with van der Waals surface area (Å²) in [6.45, 7) is 0. The lowest BCUT2D eigenvalue weighted by atomic mass is 10.5. The van der Waals surface area contributed by atoms with E-state index in [1.54, 1.807) is 0 Å². The van der Waals surface area contributed by atoms with Crippen LogP contribution in [0.5, 0.6) is 0 Å². The topological polar surface area (TPSA) is 121 Å². The first kappa shape index (κ1) is 8.05. The van der Waals surface area contributed by atoms with Gasteiger partial charge >= 0.3 is 12.0 Å². The standard InChI is InChI=1S/C5H6N4O3/c6-4(12)9-5-7-1-2(8-5)3(10)11/h1H,(H,10,11)(H4,6,7,8,9,12). The highest BCUT2D eigenvalue weighted by Gasteiger charge is 2.07. The Morgan fingerprint density at radius 2 is 2.33 bits per heavy atom. The van der Waals surface area contributed by atoms with Crippen LogP contribution >= 0.6 is 0 Å². The third kappa shape index (κ3) is 1.72. The van der Waals surface area contributed by atoms with Gasteiger partial charge in [-0.25, -0.2) is 14.6 Å². The highest BCUT2D eigenvalue weighted by molar-refractivity contribution is 5.88. The molecule has 1 aromatic heterocycles. The van der Waals surface area contributed by atoms with Crippen LogP contribution in [-0.4, -0.2) is 27.1 Å². The fourth-order valence-corrected chi connectivity index (χ4v) is 0.610. The Balaban J connectivity index is 2.77. The molecule has 0 aliphatic heterocycles. The number of H-pyrrole nitrogens is 1. The third-order valence-electron chi connectivity index (χ3n) is 1.05. The lowest BCUT2D eigenvalue weighted by Gasteiger charge is -1.92. The molecule has 0 aromatic carbocycles. The normalized spacial score (nSPS) is 9.33. The minimum Gasteiger partial charge on any atom is -0.477 e. The largest absolute Gasteiger partial charge is 0.477 e. The van der Waals surface area contributed by atoms with Crippen LogP contribution in [0, 0.1) is 0 Å². The molecule has 7 nitrogen and oxygen atoms in total. The number of hydrogen-bond acceptors (Lipinski definition) is 3. The minimum atomic E-state index is -1.15. The number of rotatable bonds is 2. The number of imidazole rings is 1. The van der Waals surface area contributed by atoms with Crippen molar-refractivity contribution in [3.8, 4) is 0 Å². The second-order valence-electron chi connectivity index (χ2n) is 1.94. The second-order valence-corrected chi connectivity index (χ2v) is 1.94. The molecule has 0 unspecified atom stereocenters. The van der Waals surface area contributed by atoms with Gasteiger partial charge in [0.05, 0.1) is 6.20 Å². The Labute approximate surface area is 66.6 Å². The highest BCUT2D eigenvalue weighted by atomic mass is 16.4. The van der Waals surface area contributed by atoms with E-state index in [-0.39, 0.29) is 11.6 Å². The number of aromatic amines is 1. The molecule has 0 aliphatic rings. The number of carboxylic acid groups (broad SMARTS) is 1. The summed E-state index contributed by atoms with van der Waals surface area (Å²) in [6, 6.07) is -0.804.